The van der Waals surface area contributed by atoms with Gasteiger partial charge in [-0.1, -0.05) is 19.1 Å². The number of hydrogen-bond acceptors (Lipinski definition) is 4. The average molecular weight is 264 g/mol. The predicted molar refractivity (Wildman–Crippen MR) is 77.7 cm³/mol. The summed E-state index contributed by atoms with van der Waals surface area (Å²) < 4.78 is 5.39. The normalized spacial score (nSPS) is 27.0. The minimum absolute atomic E-state index is 0.144. The molecule has 1 saturated heterocycles. The van der Waals surface area contributed by atoms with E-state index >= 15 is 0 Å². The molecule has 1 fully saturated rings. The molecule has 4 heteroatoms. The number of nitrogens with one attached hydrogen (secondary N) is 2. The predicted octanol–water partition coefficient (Wildman–Crippen LogP) is 1.86. The van der Waals surface area contributed by atoms with Crippen molar-refractivity contribution < 1.29 is 9.84 Å². The van der Waals surface area contributed by atoms with Gasteiger partial charge in [-0.05, 0) is 37.4 Å². The van der Waals surface area contributed by atoms with Crippen LogP contribution in [-0.4, -0.2) is 37.5 Å². The molecule has 19 heavy (non-hydrogen) atoms. The molecular formula is C15H24N2O2. The van der Waals surface area contributed by atoms with Crippen LogP contribution in [-0.2, 0) is 0 Å². The molecule has 0 aromatic heterocycles. The van der Waals surface area contributed by atoms with E-state index in [0.29, 0.717) is 5.92 Å². The SMILES string of the molecule is CCC1CNCCC1(CO)Nc1ccccc1OC. The van der Waals surface area contributed by atoms with E-state index in [1.807, 2.05) is 24.3 Å². The van der Waals surface area contributed by atoms with Gasteiger partial charge in [0.05, 0.1) is 24.9 Å². The number of piperidine rings is 1. The largest absolute Gasteiger partial charge is 0.495 e. The van der Waals surface area contributed by atoms with Gasteiger partial charge in [0.15, 0.2) is 0 Å². The van der Waals surface area contributed by atoms with E-state index in [-0.39, 0.29) is 12.1 Å². The van der Waals surface area contributed by atoms with Crippen LogP contribution < -0.4 is 15.4 Å². The van der Waals surface area contributed by atoms with Gasteiger partial charge in [-0.25, -0.2) is 0 Å². The number of rotatable bonds is 5. The van der Waals surface area contributed by atoms with Crippen molar-refractivity contribution in [1.82, 2.24) is 5.32 Å². The summed E-state index contributed by atoms with van der Waals surface area (Å²) in [5, 5.41) is 16.9. The number of aliphatic hydroxyl groups is 1. The molecule has 1 aliphatic heterocycles. The number of aliphatic hydroxyl groups excluding tert-OH is 1. The maximum absolute atomic E-state index is 9.94. The van der Waals surface area contributed by atoms with Crippen LogP contribution in [0.4, 0.5) is 5.69 Å². The van der Waals surface area contributed by atoms with Gasteiger partial charge in [-0.2, -0.15) is 0 Å². The topological polar surface area (TPSA) is 53.5 Å². The zero-order chi connectivity index (χ0) is 13.7. The Bertz CT molecular complexity index is 411. The summed E-state index contributed by atoms with van der Waals surface area (Å²) in [7, 11) is 1.67. The Morgan fingerprint density at radius 2 is 2.26 bits per heavy atom. The maximum Gasteiger partial charge on any atom is 0.141 e. The first-order valence-corrected chi connectivity index (χ1v) is 6.98. The number of ether oxygens (including phenoxy) is 1. The quantitative estimate of drug-likeness (QED) is 0.760. The Labute approximate surface area is 115 Å². The molecule has 2 atom stereocenters. The zero-order valence-corrected chi connectivity index (χ0v) is 11.8. The third kappa shape index (κ3) is 2.85. The molecule has 0 aliphatic carbocycles. The number of hydrogen-bond donors (Lipinski definition) is 3. The summed E-state index contributed by atoms with van der Waals surface area (Å²) in [6.45, 7) is 4.19. The lowest BCUT2D eigenvalue weighted by atomic mass is 9.77. The van der Waals surface area contributed by atoms with Crippen molar-refractivity contribution in [2.45, 2.75) is 25.3 Å². The summed E-state index contributed by atoms with van der Waals surface area (Å²) in [5.41, 5.74) is 0.702. The average Bonchev–Trinajstić information content (AvgIpc) is 2.48. The molecule has 1 aliphatic rings. The van der Waals surface area contributed by atoms with E-state index in [9.17, 15) is 5.11 Å². The summed E-state index contributed by atoms with van der Waals surface area (Å²) in [6.07, 6.45) is 1.95. The molecule has 106 valence electrons. The smallest absolute Gasteiger partial charge is 0.141 e. The van der Waals surface area contributed by atoms with E-state index in [1.54, 1.807) is 7.11 Å². The Hall–Kier alpha value is -1.26. The Morgan fingerprint density at radius 1 is 1.47 bits per heavy atom. The fraction of sp³-hybridized carbons (Fsp3) is 0.600. The number of anilines is 1. The lowest BCUT2D eigenvalue weighted by molar-refractivity contribution is 0.123. The van der Waals surface area contributed by atoms with Crippen LogP contribution in [0.2, 0.25) is 0 Å². The Balaban J connectivity index is 2.26. The van der Waals surface area contributed by atoms with Crippen molar-refractivity contribution in [3.63, 3.8) is 0 Å². The standard InChI is InChI=1S/C15H24N2O2/c1-3-12-10-16-9-8-15(12,11-18)17-13-6-4-5-7-14(13)19-2/h4-7,12,16-18H,3,8-11H2,1-2H3. The Kier molecular flexibility index (Phi) is 4.66. The summed E-state index contributed by atoms with van der Waals surface area (Å²) in [5.74, 6) is 1.24. The molecule has 0 amide bonds. The van der Waals surface area contributed by atoms with Crippen molar-refractivity contribution in [3.05, 3.63) is 24.3 Å². The van der Waals surface area contributed by atoms with Gasteiger partial charge in [-0.15, -0.1) is 0 Å². The zero-order valence-electron chi connectivity index (χ0n) is 11.8. The third-order valence-electron chi connectivity index (χ3n) is 4.19. The van der Waals surface area contributed by atoms with E-state index in [4.69, 9.17) is 4.74 Å². The van der Waals surface area contributed by atoms with E-state index < -0.39 is 0 Å². The highest BCUT2D eigenvalue weighted by Gasteiger charge is 2.39. The van der Waals surface area contributed by atoms with Crippen LogP contribution in [0.25, 0.3) is 0 Å². The van der Waals surface area contributed by atoms with Crippen molar-refractivity contribution >= 4 is 5.69 Å². The van der Waals surface area contributed by atoms with Crippen LogP contribution in [0.3, 0.4) is 0 Å². The maximum atomic E-state index is 9.94. The molecule has 2 rings (SSSR count). The first-order chi connectivity index (χ1) is 9.25. The molecule has 1 heterocycles. The summed E-state index contributed by atoms with van der Waals surface area (Å²) in [4.78, 5) is 0. The van der Waals surface area contributed by atoms with Crippen LogP contribution in [0.1, 0.15) is 19.8 Å². The van der Waals surface area contributed by atoms with Crippen molar-refractivity contribution in [1.29, 1.82) is 0 Å². The number of methoxy groups -OCH3 is 1. The minimum Gasteiger partial charge on any atom is -0.495 e. The lowest BCUT2D eigenvalue weighted by Gasteiger charge is -2.44. The van der Waals surface area contributed by atoms with Gasteiger partial charge in [0.2, 0.25) is 0 Å². The lowest BCUT2D eigenvalue weighted by Crippen LogP contribution is -2.57. The fourth-order valence-corrected chi connectivity index (χ4v) is 2.95. The first-order valence-electron chi connectivity index (χ1n) is 6.98. The fourth-order valence-electron chi connectivity index (χ4n) is 2.95. The second-order valence-corrected chi connectivity index (χ2v) is 5.20. The van der Waals surface area contributed by atoms with Crippen molar-refractivity contribution in [2.75, 3.05) is 32.1 Å². The van der Waals surface area contributed by atoms with Crippen molar-refractivity contribution in [2.24, 2.45) is 5.92 Å². The molecule has 1 aromatic rings. The molecule has 3 N–H and O–H groups in total. The molecule has 0 saturated carbocycles. The van der Waals surface area contributed by atoms with Gasteiger partial charge in [0, 0.05) is 6.54 Å². The van der Waals surface area contributed by atoms with Crippen molar-refractivity contribution in [3.8, 4) is 5.75 Å². The van der Waals surface area contributed by atoms with Crippen LogP contribution >= 0.6 is 0 Å². The number of para-hydroxylation sites is 2. The van der Waals surface area contributed by atoms with Gasteiger partial charge >= 0.3 is 0 Å². The molecular weight excluding hydrogens is 240 g/mol. The van der Waals surface area contributed by atoms with Gasteiger partial charge in [-0.3, -0.25) is 0 Å². The van der Waals surface area contributed by atoms with Gasteiger partial charge in [0.1, 0.15) is 5.75 Å². The summed E-state index contributed by atoms with van der Waals surface area (Å²) >= 11 is 0. The first kappa shape index (κ1) is 14.2. The highest BCUT2D eigenvalue weighted by molar-refractivity contribution is 5.58. The molecule has 4 nitrogen and oxygen atoms in total. The minimum atomic E-state index is -0.255. The second kappa shape index (κ2) is 6.26. The molecule has 1 aromatic carbocycles. The molecule has 0 spiro atoms. The second-order valence-electron chi connectivity index (χ2n) is 5.20. The van der Waals surface area contributed by atoms with E-state index in [1.165, 1.54) is 0 Å². The van der Waals surface area contributed by atoms with Gasteiger partial charge in [0.25, 0.3) is 0 Å². The van der Waals surface area contributed by atoms with Crippen LogP contribution in [0.15, 0.2) is 24.3 Å². The van der Waals surface area contributed by atoms with E-state index in [2.05, 4.69) is 17.6 Å². The Morgan fingerprint density at radius 3 is 2.95 bits per heavy atom. The monoisotopic (exact) mass is 264 g/mol. The van der Waals surface area contributed by atoms with Crippen LogP contribution in [0.5, 0.6) is 5.75 Å². The summed E-state index contributed by atoms with van der Waals surface area (Å²) in [6, 6.07) is 7.88. The third-order valence-corrected chi connectivity index (χ3v) is 4.19. The molecule has 0 radical (unpaired) electrons. The highest BCUT2D eigenvalue weighted by Crippen LogP contribution is 2.34. The number of benzene rings is 1. The van der Waals surface area contributed by atoms with E-state index in [0.717, 1.165) is 37.4 Å². The van der Waals surface area contributed by atoms with Crippen LogP contribution in [0, 0.1) is 5.92 Å². The molecule has 2 unspecified atom stereocenters. The highest BCUT2D eigenvalue weighted by atomic mass is 16.5. The molecule has 0 bridgehead atoms. The van der Waals surface area contributed by atoms with Gasteiger partial charge < -0.3 is 20.5 Å².